The summed E-state index contributed by atoms with van der Waals surface area (Å²) in [5, 5.41) is 17.5. The zero-order valence-electron chi connectivity index (χ0n) is 9.01. The summed E-state index contributed by atoms with van der Waals surface area (Å²) in [5.74, 6) is -0.917. The van der Waals surface area contributed by atoms with E-state index >= 15 is 0 Å². The smallest absolute Gasteiger partial charge is 0.328 e. The summed E-state index contributed by atoms with van der Waals surface area (Å²) in [6.45, 7) is 0. The van der Waals surface area contributed by atoms with Crippen molar-refractivity contribution in [2.45, 2.75) is 0 Å². The molecule has 1 aromatic carbocycles. The minimum absolute atomic E-state index is 0.0926. The molecule has 0 aliphatic carbocycles. The lowest BCUT2D eigenvalue weighted by atomic mass is 10.0. The van der Waals surface area contributed by atoms with Crippen LogP contribution in [-0.2, 0) is 4.79 Å². The summed E-state index contributed by atoms with van der Waals surface area (Å²) in [5.41, 5.74) is 0.726. The van der Waals surface area contributed by atoms with Crippen LogP contribution < -0.4 is 4.74 Å². The van der Waals surface area contributed by atoms with E-state index in [1.165, 1.54) is 25.3 Å². The molecule has 1 aromatic rings. The third-order valence-electron chi connectivity index (χ3n) is 2.07. The molecule has 0 bridgehead atoms. The van der Waals surface area contributed by atoms with Gasteiger partial charge in [0.05, 0.1) is 7.11 Å². The molecule has 1 N–H and O–H groups in total. The molecule has 0 radical (unpaired) electrons. The number of aldehydes is 1. The number of benzene rings is 1. The van der Waals surface area contributed by atoms with Crippen LogP contribution in [0, 0.1) is 11.3 Å². The van der Waals surface area contributed by atoms with Crippen molar-refractivity contribution in [3.05, 3.63) is 34.9 Å². The highest BCUT2D eigenvalue weighted by Gasteiger charge is 2.12. The maximum atomic E-state index is 10.7. The van der Waals surface area contributed by atoms with Gasteiger partial charge in [-0.25, -0.2) is 4.79 Å². The van der Waals surface area contributed by atoms with E-state index < -0.39 is 5.97 Å². The second-order valence-corrected chi connectivity index (χ2v) is 3.05. The second kappa shape index (κ2) is 5.47. The van der Waals surface area contributed by atoms with E-state index in [4.69, 9.17) is 15.1 Å². The zero-order chi connectivity index (χ0) is 12.8. The maximum Gasteiger partial charge on any atom is 0.328 e. The number of rotatable bonds is 4. The Morgan fingerprint density at radius 2 is 2.12 bits per heavy atom. The lowest BCUT2D eigenvalue weighted by molar-refractivity contribution is -0.131. The summed E-state index contributed by atoms with van der Waals surface area (Å²) in [6.07, 6.45) is 2.78. The summed E-state index contributed by atoms with van der Waals surface area (Å²) >= 11 is 0. The molecule has 0 heterocycles. The van der Waals surface area contributed by atoms with Crippen molar-refractivity contribution in [3.63, 3.8) is 0 Å². The van der Waals surface area contributed by atoms with Gasteiger partial charge in [-0.05, 0) is 12.1 Å². The summed E-state index contributed by atoms with van der Waals surface area (Å²) in [7, 11) is 1.35. The summed E-state index contributed by atoms with van der Waals surface area (Å²) in [4.78, 5) is 21.1. The Kier molecular flexibility index (Phi) is 4.01. The Morgan fingerprint density at radius 1 is 1.47 bits per heavy atom. The van der Waals surface area contributed by atoms with E-state index in [2.05, 4.69) is 0 Å². The summed E-state index contributed by atoms with van der Waals surface area (Å²) < 4.78 is 5.02. The number of carboxylic acid groups (broad SMARTS) is 1. The predicted octanol–water partition coefficient (Wildman–Crippen LogP) is 1.48. The third-order valence-corrected chi connectivity index (χ3v) is 2.07. The maximum absolute atomic E-state index is 10.7. The first-order chi connectivity index (χ1) is 8.13. The minimum atomic E-state index is -1.11. The fourth-order valence-electron chi connectivity index (χ4n) is 1.34. The molecule has 1 rings (SSSR count). The number of carbonyl (C=O) groups is 2. The molecule has 86 valence electrons. The molecule has 0 unspecified atom stereocenters. The van der Waals surface area contributed by atoms with Crippen LogP contribution in [0.2, 0.25) is 0 Å². The van der Waals surface area contributed by atoms with Gasteiger partial charge in [0.15, 0.2) is 6.29 Å². The van der Waals surface area contributed by atoms with Crippen molar-refractivity contribution in [2.75, 3.05) is 7.11 Å². The van der Waals surface area contributed by atoms with Crippen LogP contribution in [0.1, 0.15) is 21.5 Å². The average Bonchev–Trinajstić information content (AvgIpc) is 2.34. The topological polar surface area (TPSA) is 87.4 Å². The average molecular weight is 231 g/mol. The standard InChI is InChI=1S/C12H9NO4/c1-17-12-8(4-5-11(15)16)2-3-9(7-14)10(12)6-13/h2-5,7H,1H3,(H,15,16)/b5-4+. The van der Waals surface area contributed by atoms with E-state index in [-0.39, 0.29) is 16.9 Å². The highest BCUT2D eigenvalue weighted by atomic mass is 16.5. The van der Waals surface area contributed by atoms with Gasteiger partial charge in [0.25, 0.3) is 0 Å². The van der Waals surface area contributed by atoms with Gasteiger partial charge >= 0.3 is 5.97 Å². The Hall–Kier alpha value is -2.61. The van der Waals surface area contributed by atoms with Crippen LogP contribution in [0.5, 0.6) is 5.75 Å². The van der Waals surface area contributed by atoms with Crippen molar-refractivity contribution < 1.29 is 19.4 Å². The molecule has 17 heavy (non-hydrogen) atoms. The van der Waals surface area contributed by atoms with E-state index in [1.807, 2.05) is 6.07 Å². The van der Waals surface area contributed by atoms with E-state index in [1.54, 1.807) is 0 Å². The van der Waals surface area contributed by atoms with Crippen LogP contribution >= 0.6 is 0 Å². The first kappa shape index (κ1) is 12.5. The number of carbonyl (C=O) groups excluding carboxylic acids is 1. The second-order valence-electron chi connectivity index (χ2n) is 3.05. The lowest BCUT2D eigenvalue weighted by Crippen LogP contribution is -1.97. The van der Waals surface area contributed by atoms with Crippen molar-refractivity contribution in [1.29, 1.82) is 5.26 Å². The Morgan fingerprint density at radius 3 is 2.59 bits per heavy atom. The predicted molar refractivity (Wildman–Crippen MR) is 59.8 cm³/mol. The van der Waals surface area contributed by atoms with E-state index in [9.17, 15) is 9.59 Å². The lowest BCUT2D eigenvalue weighted by Gasteiger charge is -2.08. The molecule has 0 atom stereocenters. The Labute approximate surface area is 97.6 Å². The molecular weight excluding hydrogens is 222 g/mol. The first-order valence-corrected chi connectivity index (χ1v) is 4.61. The molecule has 0 fully saturated rings. The fourth-order valence-corrected chi connectivity index (χ4v) is 1.34. The number of aliphatic carboxylic acids is 1. The van der Waals surface area contributed by atoms with Crippen LogP contribution in [-0.4, -0.2) is 24.5 Å². The number of methoxy groups -OCH3 is 1. The molecule has 0 aliphatic heterocycles. The van der Waals surface area contributed by atoms with Gasteiger partial charge in [-0.15, -0.1) is 0 Å². The van der Waals surface area contributed by atoms with Crippen LogP contribution in [0.3, 0.4) is 0 Å². The molecule has 5 heteroatoms. The van der Waals surface area contributed by atoms with Gasteiger partial charge in [-0.1, -0.05) is 6.07 Å². The summed E-state index contributed by atoms with van der Waals surface area (Å²) in [6, 6.07) is 4.81. The number of hydrogen-bond donors (Lipinski definition) is 1. The largest absolute Gasteiger partial charge is 0.495 e. The number of hydrogen-bond acceptors (Lipinski definition) is 4. The fraction of sp³-hybridized carbons (Fsp3) is 0.0833. The van der Waals surface area contributed by atoms with Gasteiger partial charge in [-0.3, -0.25) is 4.79 Å². The molecule has 0 spiro atoms. The van der Waals surface area contributed by atoms with E-state index in [0.29, 0.717) is 11.8 Å². The van der Waals surface area contributed by atoms with Gasteiger partial charge < -0.3 is 9.84 Å². The number of carboxylic acids is 1. The van der Waals surface area contributed by atoms with Crippen LogP contribution in [0.4, 0.5) is 0 Å². The van der Waals surface area contributed by atoms with Crippen molar-refractivity contribution in [3.8, 4) is 11.8 Å². The van der Waals surface area contributed by atoms with Gasteiger partial charge in [0.2, 0.25) is 0 Å². The van der Waals surface area contributed by atoms with Crippen LogP contribution in [0.15, 0.2) is 18.2 Å². The molecular formula is C12H9NO4. The molecule has 5 nitrogen and oxygen atoms in total. The van der Waals surface area contributed by atoms with Crippen molar-refractivity contribution >= 4 is 18.3 Å². The van der Waals surface area contributed by atoms with Crippen molar-refractivity contribution in [2.24, 2.45) is 0 Å². The monoisotopic (exact) mass is 231 g/mol. The number of nitriles is 1. The Balaban J connectivity index is 3.39. The molecule has 0 saturated carbocycles. The van der Waals surface area contributed by atoms with Gasteiger partial charge in [0.1, 0.15) is 17.4 Å². The number of nitrogens with zero attached hydrogens (tertiary/aromatic N) is 1. The Bertz CT molecular complexity index is 526. The number of ether oxygens (including phenoxy) is 1. The SMILES string of the molecule is COc1c(/C=C/C(=O)O)ccc(C=O)c1C#N. The highest BCUT2D eigenvalue weighted by molar-refractivity contribution is 5.88. The zero-order valence-corrected chi connectivity index (χ0v) is 9.01. The van der Waals surface area contributed by atoms with Gasteiger partial charge in [-0.2, -0.15) is 5.26 Å². The first-order valence-electron chi connectivity index (χ1n) is 4.61. The molecule has 0 amide bonds. The van der Waals surface area contributed by atoms with Crippen LogP contribution in [0.25, 0.3) is 6.08 Å². The normalized spacial score (nSPS) is 9.88. The third kappa shape index (κ3) is 2.69. The highest BCUT2D eigenvalue weighted by Crippen LogP contribution is 2.27. The molecule has 0 aliphatic rings. The van der Waals surface area contributed by atoms with Gasteiger partial charge in [0, 0.05) is 17.2 Å². The molecule has 0 saturated heterocycles. The minimum Gasteiger partial charge on any atom is -0.495 e. The molecule has 0 aromatic heterocycles. The van der Waals surface area contributed by atoms with E-state index in [0.717, 1.165) is 6.08 Å². The van der Waals surface area contributed by atoms with Crippen molar-refractivity contribution in [1.82, 2.24) is 0 Å². The quantitative estimate of drug-likeness (QED) is 0.626.